The summed E-state index contributed by atoms with van der Waals surface area (Å²) < 4.78 is 4.82. The first-order valence-electron chi connectivity index (χ1n) is 6.17. The summed E-state index contributed by atoms with van der Waals surface area (Å²) in [5.74, 6) is -1.17. The molecule has 0 spiro atoms. The highest BCUT2D eigenvalue weighted by Gasteiger charge is 2.27. The smallest absolute Gasteiger partial charge is 0.242 e. The topological polar surface area (TPSA) is 93.5 Å². The Balaban J connectivity index is 4.37. The number of amides is 2. The molecule has 0 aliphatic rings. The molecule has 0 rings (SSSR count). The van der Waals surface area contributed by atoms with Crippen LogP contribution in [-0.4, -0.2) is 43.1 Å². The molecule has 2 atom stereocenters. The predicted molar refractivity (Wildman–Crippen MR) is 77.6 cm³/mol. The minimum atomic E-state index is -0.639. The second-order valence-corrected chi connectivity index (χ2v) is 5.11. The molecule has 0 fully saturated rings. The van der Waals surface area contributed by atoms with Crippen LogP contribution in [0.1, 0.15) is 20.8 Å². The van der Waals surface area contributed by atoms with Gasteiger partial charge in [0.2, 0.25) is 11.8 Å². The van der Waals surface area contributed by atoms with Crippen LogP contribution in [0, 0.1) is 11.8 Å². The van der Waals surface area contributed by atoms with E-state index in [1.54, 1.807) is 14.0 Å². The van der Waals surface area contributed by atoms with Gasteiger partial charge >= 0.3 is 0 Å². The highest BCUT2D eigenvalue weighted by molar-refractivity contribution is 7.80. The SMILES string of the molecule is COCCNC(=O)C(C)NC(=O)C(C(N)=S)C(C)C. The number of rotatable bonds is 8. The van der Waals surface area contributed by atoms with E-state index in [1.807, 2.05) is 13.8 Å². The summed E-state index contributed by atoms with van der Waals surface area (Å²) in [4.78, 5) is 23.8. The lowest BCUT2D eigenvalue weighted by Gasteiger charge is -2.21. The predicted octanol–water partition coefficient (Wildman–Crippen LogP) is -0.188. The first-order chi connectivity index (χ1) is 8.81. The number of hydrogen-bond donors (Lipinski definition) is 3. The zero-order valence-corrected chi connectivity index (χ0v) is 12.7. The number of carbonyl (C=O) groups is 2. The Bertz CT molecular complexity index is 334. The zero-order chi connectivity index (χ0) is 15.0. The third-order valence-electron chi connectivity index (χ3n) is 2.61. The van der Waals surface area contributed by atoms with E-state index in [0.29, 0.717) is 13.2 Å². The van der Waals surface area contributed by atoms with E-state index in [9.17, 15) is 9.59 Å². The number of hydrogen-bond acceptors (Lipinski definition) is 4. The van der Waals surface area contributed by atoms with Crippen LogP contribution in [0.5, 0.6) is 0 Å². The maximum absolute atomic E-state index is 12.0. The summed E-state index contributed by atoms with van der Waals surface area (Å²) in [5.41, 5.74) is 5.54. The summed E-state index contributed by atoms with van der Waals surface area (Å²) in [5, 5.41) is 5.25. The van der Waals surface area contributed by atoms with Crippen molar-refractivity contribution in [3.8, 4) is 0 Å². The van der Waals surface area contributed by atoms with Crippen molar-refractivity contribution in [1.82, 2.24) is 10.6 Å². The number of nitrogens with one attached hydrogen (secondary N) is 2. The molecule has 0 saturated carbocycles. The Morgan fingerprint density at radius 2 is 1.84 bits per heavy atom. The third kappa shape index (κ3) is 6.49. The second-order valence-electron chi connectivity index (χ2n) is 4.64. The van der Waals surface area contributed by atoms with Gasteiger partial charge in [0.1, 0.15) is 6.04 Å². The van der Waals surface area contributed by atoms with Crippen LogP contribution >= 0.6 is 12.2 Å². The molecular weight excluding hydrogens is 266 g/mol. The number of ether oxygens (including phenoxy) is 1. The van der Waals surface area contributed by atoms with E-state index in [2.05, 4.69) is 10.6 Å². The van der Waals surface area contributed by atoms with E-state index in [0.717, 1.165) is 0 Å². The molecule has 110 valence electrons. The molecule has 6 nitrogen and oxygen atoms in total. The normalized spacial score (nSPS) is 13.7. The Morgan fingerprint density at radius 3 is 2.26 bits per heavy atom. The lowest BCUT2D eigenvalue weighted by Crippen LogP contribution is -2.50. The number of carbonyl (C=O) groups excluding carboxylic acids is 2. The first kappa shape index (κ1) is 17.8. The van der Waals surface area contributed by atoms with Gasteiger partial charge in [0, 0.05) is 13.7 Å². The summed E-state index contributed by atoms with van der Waals surface area (Å²) >= 11 is 4.87. The van der Waals surface area contributed by atoms with E-state index >= 15 is 0 Å². The maximum Gasteiger partial charge on any atom is 0.242 e. The molecule has 0 heterocycles. The van der Waals surface area contributed by atoms with Crippen LogP contribution < -0.4 is 16.4 Å². The van der Waals surface area contributed by atoms with Crippen molar-refractivity contribution in [3.05, 3.63) is 0 Å². The number of thiocarbonyl (C=S) groups is 1. The molecular formula is C12H23N3O3S. The fourth-order valence-electron chi connectivity index (χ4n) is 1.56. The highest BCUT2D eigenvalue weighted by atomic mass is 32.1. The van der Waals surface area contributed by atoms with E-state index in [4.69, 9.17) is 22.7 Å². The molecule has 0 aliphatic heterocycles. The monoisotopic (exact) mass is 289 g/mol. The van der Waals surface area contributed by atoms with Crippen molar-refractivity contribution in [2.75, 3.05) is 20.3 Å². The van der Waals surface area contributed by atoms with Gasteiger partial charge in [-0.15, -0.1) is 0 Å². The van der Waals surface area contributed by atoms with Gasteiger partial charge in [0.15, 0.2) is 0 Å². The molecule has 0 radical (unpaired) electrons. The van der Waals surface area contributed by atoms with Gasteiger partial charge in [-0.2, -0.15) is 0 Å². The van der Waals surface area contributed by atoms with Gasteiger partial charge < -0.3 is 21.1 Å². The van der Waals surface area contributed by atoms with Crippen LogP contribution in [0.15, 0.2) is 0 Å². The van der Waals surface area contributed by atoms with Crippen LogP contribution in [0.2, 0.25) is 0 Å². The molecule has 7 heteroatoms. The molecule has 4 N–H and O–H groups in total. The molecule has 0 aromatic rings. The molecule has 2 unspecified atom stereocenters. The summed E-state index contributed by atoms with van der Waals surface area (Å²) in [7, 11) is 1.55. The number of nitrogens with two attached hydrogens (primary N) is 1. The van der Waals surface area contributed by atoms with Crippen molar-refractivity contribution in [2.24, 2.45) is 17.6 Å². The zero-order valence-electron chi connectivity index (χ0n) is 11.9. The molecule has 2 amide bonds. The maximum atomic E-state index is 12.0. The minimum absolute atomic E-state index is 0.0127. The molecule has 0 bridgehead atoms. The van der Waals surface area contributed by atoms with Gasteiger partial charge in [-0.1, -0.05) is 26.1 Å². The van der Waals surface area contributed by atoms with Crippen molar-refractivity contribution < 1.29 is 14.3 Å². The fraction of sp³-hybridized carbons (Fsp3) is 0.750. The lowest BCUT2D eigenvalue weighted by molar-refractivity contribution is -0.130. The fourth-order valence-corrected chi connectivity index (χ4v) is 1.94. The standard InChI is InChI=1S/C12H23N3O3S/c1-7(2)9(10(13)19)12(17)15-8(3)11(16)14-5-6-18-4/h7-9H,5-6H2,1-4H3,(H2,13,19)(H,14,16)(H,15,17). The van der Waals surface area contributed by atoms with E-state index in [1.165, 1.54) is 0 Å². The third-order valence-corrected chi connectivity index (χ3v) is 2.87. The highest BCUT2D eigenvalue weighted by Crippen LogP contribution is 2.11. The van der Waals surface area contributed by atoms with E-state index < -0.39 is 12.0 Å². The van der Waals surface area contributed by atoms with Crippen LogP contribution in [0.25, 0.3) is 0 Å². The number of methoxy groups -OCH3 is 1. The van der Waals surface area contributed by atoms with Crippen molar-refractivity contribution in [2.45, 2.75) is 26.8 Å². The van der Waals surface area contributed by atoms with Crippen molar-refractivity contribution in [1.29, 1.82) is 0 Å². The second kappa shape index (κ2) is 8.82. The van der Waals surface area contributed by atoms with Crippen LogP contribution in [-0.2, 0) is 14.3 Å². The largest absolute Gasteiger partial charge is 0.393 e. The first-order valence-corrected chi connectivity index (χ1v) is 6.58. The van der Waals surface area contributed by atoms with Crippen LogP contribution in [0.3, 0.4) is 0 Å². The van der Waals surface area contributed by atoms with Gasteiger partial charge in [-0.3, -0.25) is 9.59 Å². The van der Waals surface area contributed by atoms with Crippen molar-refractivity contribution >= 4 is 29.0 Å². The quantitative estimate of drug-likeness (QED) is 0.425. The molecule has 0 saturated heterocycles. The average molecular weight is 289 g/mol. The van der Waals surface area contributed by atoms with Gasteiger partial charge in [0.25, 0.3) is 0 Å². The Labute approximate surface area is 119 Å². The Morgan fingerprint density at radius 1 is 1.26 bits per heavy atom. The minimum Gasteiger partial charge on any atom is -0.393 e. The molecule has 0 aromatic heterocycles. The summed E-state index contributed by atoms with van der Waals surface area (Å²) in [6.07, 6.45) is 0. The molecule has 0 aliphatic carbocycles. The van der Waals surface area contributed by atoms with Gasteiger partial charge in [-0.25, -0.2) is 0 Å². The average Bonchev–Trinajstić information content (AvgIpc) is 2.27. The molecule has 0 aromatic carbocycles. The van der Waals surface area contributed by atoms with Gasteiger partial charge in [-0.05, 0) is 12.8 Å². The van der Waals surface area contributed by atoms with E-state index in [-0.39, 0.29) is 22.7 Å². The lowest BCUT2D eigenvalue weighted by atomic mass is 9.94. The Hall–Kier alpha value is -1.21. The van der Waals surface area contributed by atoms with Crippen LogP contribution in [0.4, 0.5) is 0 Å². The summed E-state index contributed by atoms with van der Waals surface area (Å²) in [6.45, 7) is 6.14. The summed E-state index contributed by atoms with van der Waals surface area (Å²) in [6, 6.07) is -0.639. The van der Waals surface area contributed by atoms with Gasteiger partial charge in [0.05, 0.1) is 17.5 Å². The molecule has 19 heavy (non-hydrogen) atoms. The Kier molecular flexibility index (Phi) is 8.26. The van der Waals surface area contributed by atoms with Crippen molar-refractivity contribution in [3.63, 3.8) is 0 Å².